The molecule has 16 heavy (non-hydrogen) atoms. The maximum absolute atomic E-state index is 10.4. The number of nitrogens with one attached hydrogen (secondary N) is 1. The molecular formula is C13H15NOS. The van der Waals surface area contributed by atoms with Crippen LogP contribution < -0.4 is 5.32 Å². The van der Waals surface area contributed by atoms with Gasteiger partial charge in [0, 0.05) is 17.7 Å². The number of hydrogen-bond donors (Lipinski definition) is 2. The number of thiophene rings is 1. The summed E-state index contributed by atoms with van der Waals surface area (Å²) in [6.45, 7) is 1.65. The summed E-state index contributed by atoms with van der Waals surface area (Å²) in [5.41, 5.74) is 0.746. The molecule has 0 bridgehead atoms. The summed E-state index contributed by atoms with van der Waals surface area (Å²) in [5.74, 6) is 0. The quantitative estimate of drug-likeness (QED) is 0.833. The Morgan fingerprint density at radius 1 is 1.38 bits per heavy atom. The van der Waals surface area contributed by atoms with E-state index in [9.17, 15) is 5.11 Å². The maximum Gasteiger partial charge on any atom is 0.0824 e. The summed E-state index contributed by atoms with van der Waals surface area (Å²) >= 11 is 1.76. The van der Waals surface area contributed by atoms with Crippen LogP contribution in [0.2, 0.25) is 0 Å². The van der Waals surface area contributed by atoms with Crippen molar-refractivity contribution >= 4 is 21.4 Å². The van der Waals surface area contributed by atoms with Crippen LogP contribution in [0.4, 0.5) is 0 Å². The van der Waals surface area contributed by atoms with E-state index in [2.05, 4.69) is 35.0 Å². The zero-order chi connectivity index (χ0) is 11.0. The van der Waals surface area contributed by atoms with Crippen molar-refractivity contribution in [3.8, 4) is 0 Å². The van der Waals surface area contributed by atoms with Crippen LogP contribution in [0.3, 0.4) is 0 Å². The molecule has 2 nitrogen and oxygen atoms in total. The molecule has 84 valence electrons. The van der Waals surface area contributed by atoms with Gasteiger partial charge in [-0.05, 0) is 35.4 Å². The lowest BCUT2D eigenvalue weighted by molar-refractivity contribution is 0.0623. The second-order valence-electron chi connectivity index (χ2n) is 4.58. The smallest absolute Gasteiger partial charge is 0.0824 e. The fourth-order valence-corrected chi connectivity index (χ4v) is 3.37. The van der Waals surface area contributed by atoms with E-state index in [1.165, 1.54) is 15.6 Å². The Bertz CT molecular complexity index is 499. The third kappa shape index (κ3) is 1.75. The summed E-state index contributed by atoms with van der Waals surface area (Å²) in [6.07, 6.45) is 1.63. The summed E-state index contributed by atoms with van der Waals surface area (Å²) in [4.78, 5) is 0. The van der Waals surface area contributed by atoms with Gasteiger partial charge in [0.05, 0.1) is 5.60 Å². The highest BCUT2D eigenvalue weighted by Crippen LogP contribution is 2.30. The lowest BCUT2D eigenvalue weighted by atomic mass is 9.93. The van der Waals surface area contributed by atoms with E-state index in [-0.39, 0.29) is 0 Å². The van der Waals surface area contributed by atoms with Gasteiger partial charge in [0.25, 0.3) is 0 Å². The minimum atomic E-state index is -0.538. The zero-order valence-electron chi connectivity index (χ0n) is 9.07. The topological polar surface area (TPSA) is 32.3 Å². The van der Waals surface area contributed by atoms with Gasteiger partial charge < -0.3 is 10.4 Å². The van der Waals surface area contributed by atoms with Gasteiger partial charge in [-0.3, -0.25) is 0 Å². The molecule has 1 aliphatic heterocycles. The van der Waals surface area contributed by atoms with E-state index >= 15 is 0 Å². The monoisotopic (exact) mass is 233 g/mol. The van der Waals surface area contributed by atoms with Crippen molar-refractivity contribution in [2.75, 3.05) is 13.1 Å². The Hall–Kier alpha value is -0.900. The molecular weight excluding hydrogens is 218 g/mol. The molecule has 0 saturated carbocycles. The van der Waals surface area contributed by atoms with Crippen LogP contribution in [0.5, 0.6) is 0 Å². The van der Waals surface area contributed by atoms with Crippen LogP contribution >= 0.6 is 11.3 Å². The molecule has 2 heterocycles. The Kier molecular flexibility index (Phi) is 2.46. The van der Waals surface area contributed by atoms with Crippen molar-refractivity contribution in [3.05, 3.63) is 35.2 Å². The van der Waals surface area contributed by atoms with Crippen molar-refractivity contribution < 1.29 is 5.11 Å². The average molecular weight is 233 g/mol. The van der Waals surface area contributed by atoms with Gasteiger partial charge in [-0.2, -0.15) is 0 Å². The van der Waals surface area contributed by atoms with Gasteiger partial charge in [-0.25, -0.2) is 0 Å². The molecule has 1 aromatic carbocycles. The lowest BCUT2D eigenvalue weighted by Crippen LogP contribution is -2.33. The fourth-order valence-electron chi connectivity index (χ4n) is 2.41. The average Bonchev–Trinajstić information content (AvgIpc) is 2.87. The van der Waals surface area contributed by atoms with Crippen LogP contribution in [0.1, 0.15) is 12.0 Å². The molecule has 1 atom stereocenters. The predicted octanol–water partition coefficient (Wildman–Crippen LogP) is 2.17. The predicted molar refractivity (Wildman–Crippen MR) is 68.0 cm³/mol. The van der Waals surface area contributed by atoms with Crippen molar-refractivity contribution in [1.82, 2.24) is 5.32 Å². The second kappa shape index (κ2) is 3.84. The Morgan fingerprint density at radius 2 is 2.25 bits per heavy atom. The highest BCUT2D eigenvalue weighted by molar-refractivity contribution is 7.17. The highest BCUT2D eigenvalue weighted by atomic mass is 32.1. The van der Waals surface area contributed by atoms with Gasteiger partial charge >= 0.3 is 0 Å². The van der Waals surface area contributed by atoms with Gasteiger partial charge in [-0.1, -0.05) is 18.2 Å². The number of aliphatic hydroxyl groups is 1. The first-order valence-electron chi connectivity index (χ1n) is 5.65. The molecule has 1 saturated heterocycles. The first-order chi connectivity index (χ1) is 7.77. The normalized spacial score (nSPS) is 25.3. The molecule has 1 unspecified atom stereocenters. The molecule has 1 aliphatic rings. The third-order valence-corrected chi connectivity index (χ3v) is 4.31. The molecule has 0 radical (unpaired) electrons. The number of β-amino-alcohol motifs (C(OH)–C–C–N with tert-alkyl or cyclic N) is 1. The van der Waals surface area contributed by atoms with Gasteiger partial charge in [0.1, 0.15) is 0 Å². The Morgan fingerprint density at radius 3 is 3.06 bits per heavy atom. The van der Waals surface area contributed by atoms with Crippen LogP contribution in [-0.4, -0.2) is 23.8 Å². The molecule has 1 aromatic heterocycles. The largest absolute Gasteiger partial charge is 0.388 e. The van der Waals surface area contributed by atoms with Crippen molar-refractivity contribution in [2.24, 2.45) is 0 Å². The molecule has 0 amide bonds. The molecule has 2 N–H and O–H groups in total. The summed E-state index contributed by atoms with van der Waals surface area (Å²) < 4.78 is 1.31. The number of benzene rings is 1. The van der Waals surface area contributed by atoms with E-state index in [4.69, 9.17) is 0 Å². The summed E-state index contributed by atoms with van der Waals surface area (Å²) in [6, 6.07) is 8.41. The molecule has 3 heteroatoms. The van der Waals surface area contributed by atoms with Crippen molar-refractivity contribution in [1.29, 1.82) is 0 Å². The molecule has 0 aliphatic carbocycles. The van der Waals surface area contributed by atoms with Crippen LogP contribution in [-0.2, 0) is 6.42 Å². The summed E-state index contributed by atoms with van der Waals surface area (Å²) in [5, 5.41) is 17.1. The van der Waals surface area contributed by atoms with Crippen LogP contribution in [0.15, 0.2) is 29.6 Å². The minimum absolute atomic E-state index is 0.538. The highest BCUT2D eigenvalue weighted by Gasteiger charge is 2.31. The van der Waals surface area contributed by atoms with Gasteiger partial charge in [0.15, 0.2) is 0 Å². The van der Waals surface area contributed by atoms with E-state index in [0.717, 1.165) is 25.9 Å². The Balaban J connectivity index is 1.94. The van der Waals surface area contributed by atoms with E-state index in [0.29, 0.717) is 0 Å². The molecule has 0 spiro atoms. The molecule has 2 aromatic rings. The van der Waals surface area contributed by atoms with E-state index in [1.807, 2.05) is 0 Å². The number of rotatable bonds is 2. The maximum atomic E-state index is 10.4. The van der Waals surface area contributed by atoms with Crippen LogP contribution in [0.25, 0.3) is 10.1 Å². The lowest BCUT2D eigenvalue weighted by Gasteiger charge is -2.20. The van der Waals surface area contributed by atoms with Gasteiger partial charge in [0.2, 0.25) is 0 Å². The minimum Gasteiger partial charge on any atom is -0.388 e. The second-order valence-corrected chi connectivity index (χ2v) is 5.50. The standard InChI is InChI=1S/C13H15NOS/c15-13(5-6-14-9-13)7-10-8-16-12-4-2-1-3-11(10)12/h1-4,8,14-15H,5-7,9H2. The first-order valence-corrected chi connectivity index (χ1v) is 6.53. The van der Waals surface area contributed by atoms with E-state index in [1.54, 1.807) is 11.3 Å². The van der Waals surface area contributed by atoms with Gasteiger partial charge in [-0.15, -0.1) is 11.3 Å². The van der Waals surface area contributed by atoms with Crippen LogP contribution in [0, 0.1) is 0 Å². The first kappa shape index (κ1) is 10.3. The third-order valence-electron chi connectivity index (χ3n) is 3.30. The fraction of sp³-hybridized carbons (Fsp3) is 0.385. The number of hydrogen-bond acceptors (Lipinski definition) is 3. The summed E-state index contributed by atoms with van der Waals surface area (Å²) in [7, 11) is 0. The SMILES string of the molecule is OC1(Cc2csc3ccccc23)CCNC1. The molecule has 3 rings (SSSR count). The Labute approximate surface area is 98.9 Å². The molecule has 1 fully saturated rings. The van der Waals surface area contributed by atoms with Crippen molar-refractivity contribution in [3.63, 3.8) is 0 Å². The number of fused-ring (bicyclic) bond motifs is 1. The zero-order valence-corrected chi connectivity index (χ0v) is 9.89. The van der Waals surface area contributed by atoms with E-state index < -0.39 is 5.60 Å². The van der Waals surface area contributed by atoms with Crippen molar-refractivity contribution in [2.45, 2.75) is 18.4 Å².